The Morgan fingerprint density at radius 1 is 1.30 bits per heavy atom. The summed E-state index contributed by atoms with van der Waals surface area (Å²) in [6.07, 6.45) is 8.20. The van der Waals surface area contributed by atoms with Crippen molar-refractivity contribution in [3.8, 4) is 0 Å². The third-order valence-corrected chi connectivity index (χ3v) is 4.81. The van der Waals surface area contributed by atoms with Gasteiger partial charge >= 0.3 is 0 Å². The second kappa shape index (κ2) is 7.93. The molecule has 5 heteroatoms. The summed E-state index contributed by atoms with van der Waals surface area (Å²) < 4.78 is 4.36. The van der Waals surface area contributed by atoms with Gasteiger partial charge in [-0.15, -0.1) is 0 Å². The van der Waals surface area contributed by atoms with Crippen LogP contribution < -0.4 is 5.32 Å². The van der Waals surface area contributed by atoms with Gasteiger partial charge in [0.05, 0.1) is 0 Å². The number of hydrogen-bond donors (Lipinski definition) is 1. The van der Waals surface area contributed by atoms with E-state index in [2.05, 4.69) is 40.5 Å². The van der Waals surface area contributed by atoms with Gasteiger partial charge in [-0.05, 0) is 32.9 Å². The van der Waals surface area contributed by atoms with E-state index in [0.717, 1.165) is 23.5 Å². The third-order valence-electron chi connectivity index (χ3n) is 4.12. The summed E-state index contributed by atoms with van der Waals surface area (Å²) in [4.78, 5) is 7.04. The van der Waals surface area contributed by atoms with E-state index >= 15 is 0 Å². The zero-order chi connectivity index (χ0) is 14.4. The Labute approximate surface area is 127 Å². The van der Waals surface area contributed by atoms with Gasteiger partial charge in [0.1, 0.15) is 5.82 Å². The highest BCUT2D eigenvalue weighted by Gasteiger charge is 2.17. The fourth-order valence-corrected chi connectivity index (χ4v) is 3.50. The summed E-state index contributed by atoms with van der Waals surface area (Å²) in [6, 6.07) is 0.817. The molecular weight excluding hydrogens is 268 g/mol. The van der Waals surface area contributed by atoms with Crippen molar-refractivity contribution in [2.75, 3.05) is 25.5 Å². The minimum atomic E-state index is 0.416. The number of nitrogens with zero attached hydrogens (tertiary/aromatic N) is 3. The summed E-state index contributed by atoms with van der Waals surface area (Å²) in [5, 5.41) is 4.36. The van der Waals surface area contributed by atoms with Crippen LogP contribution in [0.5, 0.6) is 0 Å². The molecule has 1 N–H and O–H groups in total. The quantitative estimate of drug-likeness (QED) is 0.778. The molecule has 1 aromatic rings. The fraction of sp³-hybridized carbons (Fsp3) is 0.867. The van der Waals surface area contributed by atoms with Gasteiger partial charge in [0, 0.05) is 30.0 Å². The molecule has 1 heterocycles. The van der Waals surface area contributed by atoms with Gasteiger partial charge in [-0.25, -0.2) is 4.98 Å². The van der Waals surface area contributed by atoms with Crippen molar-refractivity contribution in [3.63, 3.8) is 0 Å². The van der Waals surface area contributed by atoms with Gasteiger partial charge in [0.2, 0.25) is 5.13 Å². The molecule has 20 heavy (non-hydrogen) atoms. The molecule has 1 aromatic heterocycles. The average Bonchev–Trinajstić information content (AvgIpc) is 2.93. The van der Waals surface area contributed by atoms with E-state index in [1.54, 1.807) is 0 Å². The van der Waals surface area contributed by atoms with Crippen molar-refractivity contribution < 1.29 is 0 Å². The highest BCUT2D eigenvalue weighted by Crippen LogP contribution is 2.21. The van der Waals surface area contributed by atoms with Crippen molar-refractivity contribution in [2.45, 2.75) is 64.3 Å². The van der Waals surface area contributed by atoms with Crippen LogP contribution in [0.1, 0.15) is 64.1 Å². The Bertz CT molecular complexity index is 385. The number of rotatable bonds is 7. The second-order valence-corrected chi connectivity index (χ2v) is 6.92. The van der Waals surface area contributed by atoms with Crippen LogP contribution in [0.15, 0.2) is 0 Å². The molecule has 0 aliphatic heterocycles. The van der Waals surface area contributed by atoms with E-state index in [1.165, 1.54) is 56.6 Å². The Morgan fingerprint density at radius 2 is 2.05 bits per heavy atom. The second-order valence-electron chi connectivity index (χ2n) is 6.17. The van der Waals surface area contributed by atoms with Crippen LogP contribution in [-0.2, 0) is 0 Å². The first-order valence-corrected chi connectivity index (χ1v) is 8.72. The van der Waals surface area contributed by atoms with Crippen LogP contribution >= 0.6 is 11.5 Å². The molecule has 4 nitrogen and oxygen atoms in total. The van der Waals surface area contributed by atoms with E-state index < -0.39 is 0 Å². The number of hydrogen-bond acceptors (Lipinski definition) is 5. The number of aromatic nitrogens is 2. The lowest BCUT2D eigenvalue weighted by molar-refractivity contribution is 0.191. The number of nitrogens with one attached hydrogen (secondary N) is 1. The van der Waals surface area contributed by atoms with Crippen LogP contribution in [-0.4, -0.2) is 40.4 Å². The highest BCUT2D eigenvalue weighted by atomic mass is 32.1. The van der Waals surface area contributed by atoms with Crippen molar-refractivity contribution in [3.05, 3.63) is 5.82 Å². The maximum atomic E-state index is 4.50. The monoisotopic (exact) mass is 296 g/mol. The molecule has 0 radical (unpaired) electrons. The summed E-state index contributed by atoms with van der Waals surface area (Å²) in [7, 11) is 2.28. The van der Waals surface area contributed by atoms with E-state index in [4.69, 9.17) is 0 Å². The molecule has 1 aliphatic rings. The predicted molar refractivity (Wildman–Crippen MR) is 86.6 cm³/mol. The molecule has 0 aromatic carbocycles. The van der Waals surface area contributed by atoms with Crippen molar-refractivity contribution in [2.24, 2.45) is 0 Å². The lowest BCUT2D eigenvalue weighted by Crippen LogP contribution is -2.34. The normalized spacial score (nSPS) is 17.1. The van der Waals surface area contributed by atoms with E-state index in [1.807, 2.05) is 0 Å². The molecule has 0 amide bonds. The molecule has 0 spiro atoms. The zero-order valence-corrected chi connectivity index (χ0v) is 13.9. The molecule has 2 rings (SSSR count). The Balaban J connectivity index is 1.62. The molecule has 0 bridgehead atoms. The lowest BCUT2D eigenvalue weighted by Gasteiger charge is -2.31. The number of anilines is 1. The molecule has 1 aliphatic carbocycles. The van der Waals surface area contributed by atoms with Gasteiger partial charge in [-0.2, -0.15) is 4.37 Å². The summed E-state index contributed by atoms with van der Waals surface area (Å²) in [5.41, 5.74) is 0. The Kier molecular flexibility index (Phi) is 6.23. The first-order valence-electron chi connectivity index (χ1n) is 7.94. The topological polar surface area (TPSA) is 41.1 Å². The maximum Gasteiger partial charge on any atom is 0.202 e. The van der Waals surface area contributed by atoms with Gasteiger partial charge in [0.25, 0.3) is 0 Å². The van der Waals surface area contributed by atoms with Crippen molar-refractivity contribution in [1.82, 2.24) is 14.3 Å². The minimum Gasteiger partial charge on any atom is -0.360 e. The van der Waals surface area contributed by atoms with E-state index in [-0.39, 0.29) is 0 Å². The zero-order valence-electron chi connectivity index (χ0n) is 13.1. The summed E-state index contributed by atoms with van der Waals surface area (Å²) >= 11 is 1.48. The Morgan fingerprint density at radius 3 is 2.70 bits per heavy atom. The molecule has 0 atom stereocenters. The standard InChI is InChI=1S/C15H28N4S/c1-12(2)14-17-15(20-18-14)16-10-7-11-19(3)13-8-5-4-6-9-13/h12-13H,4-11H2,1-3H3,(H,16,17,18). The minimum absolute atomic E-state index is 0.416. The highest BCUT2D eigenvalue weighted by molar-refractivity contribution is 7.09. The van der Waals surface area contributed by atoms with Crippen molar-refractivity contribution in [1.29, 1.82) is 0 Å². The van der Waals surface area contributed by atoms with Crippen molar-refractivity contribution >= 4 is 16.7 Å². The molecule has 1 saturated carbocycles. The Hall–Kier alpha value is -0.680. The first-order chi connectivity index (χ1) is 9.66. The van der Waals surface area contributed by atoms with Gasteiger partial charge < -0.3 is 10.2 Å². The first kappa shape index (κ1) is 15.7. The molecule has 0 unspecified atom stereocenters. The maximum absolute atomic E-state index is 4.50. The van der Waals surface area contributed by atoms with Gasteiger partial charge in [-0.1, -0.05) is 33.1 Å². The largest absolute Gasteiger partial charge is 0.360 e. The lowest BCUT2D eigenvalue weighted by atomic mass is 9.94. The van der Waals surface area contributed by atoms with Crippen LogP contribution in [0, 0.1) is 0 Å². The SMILES string of the molecule is CC(C)c1nsc(NCCCN(C)C2CCCCC2)n1. The molecular formula is C15H28N4S. The third kappa shape index (κ3) is 4.70. The average molecular weight is 296 g/mol. The van der Waals surface area contributed by atoms with E-state index in [0.29, 0.717) is 5.92 Å². The molecule has 1 fully saturated rings. The van der Waals surface area contributed by atoms with Crippen LogP contribution in [0.4, 0.5) is 5.13 Å². The molecule has 0 saturated heterocycles. The predicted octanol–water partition coefficient (Wildman–Crippen LogP) is 3.73. The smallest absolute Gasteiger partial charge is 0.202 e. The summed E-state index contributed by atoms with van der Waals surface area (Å²) in [6.45, 7) is 6.42. The van der Waals surface area contributed by atoms with Crippen LogP contribution in [0.3, 0.4) is 0 Å². The molecule has 114 valence electrons. The fourth-order valence-electron chi connectivity index (χ4n) is 2.77. The summed E-state index contributed by atoms with van der Waals surface area (Å²) in [5.74, 6) is 1.37. The van der Waals surface area contributed by atoms with Gasteiger partial charge in [-0.3, -0.25) is 0 Å². The van der Waals surface area contributed by atoms with Gasteiger partial charge in [0.15, 0.2) is 0 Å². The van der Waals surface area contributed by atoms with E-state index in [9.17, 15) is 0 Å². The van der Waals surface area contributed by atoms with Crippen LogP contribution in [0.2, 0.25) is 0 Å². The van der Waals surface area contributed by atoms with Crippen LogP contribution in [0.25, 0.3) is 0 Å².